The summed E-state index contributed by atoms with van der Waals surface area (Å²) in [5.74, 6) is -0.272. The van der Waals surface area contributed by atoms with Gasteiger partial charge in [0, 0.05) is 6.54 Å². The summed E-state index contributed by atoms with van der Waals surface area (Å²) in [5.41, 5.74) is 2.00. The van der Waals surface area contributed by atoms with E-state index in [2.05, 4.69) is 23.3 Å². The highest BCUT2D eigenvalue weighted by molar-refractivity contribution is 7.18. The maximum absolute atomic E-state index is 12.9. The quantitative estimate of drug-likeness (QED) is 0.687. The molecule has 1 amide bonds. The van der Waals surface area contributed by atoms with Gasteiger partial charge < -0.3 is 5.32 Å². The predicted octanol–water partition coefficient (Wildman–Crippen LogP) is 3.79. The van der Waals surface area contributed by atoms with Gasteiger partial charge in [0.1, 0.15) is 10.8 Å². The number of thiazole rings is 1. The lowest BCUT2D eigenvalue weighted by atomic mass is 10.1. The van der Waals surface area contributed by atoms with E-state index in [1.165, 1.54) is 12.1 Å². The Balaban J connectivity index is 1.49. The van der Waals surface area contributed by atoms with Crippen molar-refractivity contribution in [1.82, 2.24) is 15.2 Å². The number of carbonyl (C=O) groups excluding carboxylic acids is 1. The number of likely N-dealkylation sites (N-methyl/N-ethyl adjacent to an activating group) is 1. The van der Waals surface area contributed by atoms with Crippen LogP contribution in [0.15, 0.2) is 48.5 Å². The minimum atomic E-state index is -0.247. The van der Waals surface area contributed by atoms with E-state index < -0.39 is 0 Å². The third kappa shape index (κ3) is 4.65. The molecule has 0 saturated heterocycles. The maximum Gasteiger partial charge on any atom is 0.234 e. The molecular formula is C20H22FN3OS. The Morgan fingerprint density at radius 1 is 1.23 bits per heavy atom. The highest BCUT2D eigenvalue weighted by atomic mass is 32.1. The van der Waals surface area contributed by atoms with Gasteiger partial charge in [-0.3, -0.25) is 9.69 Å². The number of rotatable bonds is 7. The van der Waals surface area contributed by atoms with Crippen LogP contribution in [-0.2, 0) is 11.2 Å². The molecule has 0 aliphatic heterocycles. The first-order chi connectivity index (χ1) is 12.5. The van der Waals surface area contributed by atoms with E-state index in [1.54, 1.807) is 23.5 Å². The number of hydrogen-bond acceptors (Lipinski definition) is 4. The minimum Gasteiger partial charge on any atom is -0.355 e. The van der Waals surface area contributed by atoms with Crippen LogP contribution in [0.2, 0.25) is 0 Å². The van der Waals surface area contributed by atoms with Crippen molar-refractivity contribution in [2.45, 2.75) is 19.4 Å². The summed E-state index contributed by atoms with van der Waals surface area (Å²) in [5, 5.41) is 3.93. The Morgan fingerprint density at radius 2 is 1.96 bits per heavy atom. The molecule has 0 aliphatic carbocycles. The summed E-state index contributed by atoms with van der Waals surface area (Å²) >= 11 is 1.66. The van der Waals surface area contributed by atoms with Gasteiger partial charge in [-0.25, -0.2) is 9.37 Å². The summed E-state index contributed by atoms with van der Waals surface area (Å²) in [4.78, 5) is 18.8. The van der Waals surface area contributed by atoms with Crippen molar-refractivity contribution >= 4 is 27.5 Å². The van der Waals surface area contributed by atoms with Gasteiger partial charge in [0.05, 0.1) is 22.8 Å². The van der Waals surface area contributed by atoms with Gasteiger partial charge in [0.2, 0.25) is 5.91 Å². The number of halogens is 1. The Kier molecular flexibility index (Phi) is 5.96. The first-order valence-corrected chi connectivity index (χ1v) is 9.41. The lowest BCUT2D eigenvalue weighted by Gasteiger charge is -2.22. The highest BCUT2D eigenvalue weighted by Gasteiger charge is 2.18. The second kappa shape index (κ2) is 8.38. The van der Waals surface area contributed by atoms with E-state index >= 15 is 0 Å². The average Bonchev–Trinajstić information content (AvgIpc) is 3.06. The molecule has 1 atom stereocenters. The van der Waals surface area contributed by atoms with Crippen LogP contribution in [0.3, 0.4) is 0 Å². The molecule has 1 aromatic heterocycles. The number of carbonyl (C=O) groups is 1. The molecule has 0 unspecified atom stereocenters. The lowest BCUT2D eigenvalue weighted by Crippen LogP contribution is -2.37. The molecule has 3 aromatic rings. The fraction of sp³-hybridized carbons (Fsp3) is 0.300. The summed E-state index contributed by atoms with van der Waals surface area (Å²) < 4.78 is 14.0. The Labute approximate surface area is 156 Å². The van der Waals surface area contributed by atoms with Crippen LogP contribution in [0.4, 0.5) is 4.39 Å². The monoisotopic (exact) mass is 371 g/mol. The second-order valence-electron chi connectivity index (χ2n) is 6.34. The predicted molar refractivity (Wildman–Crippen MR) is 104 cm³/mol. The first-order valence-electron chi connectivity index (χ1n) is 8.60. The molecular weight excluding hydrogens is 349 g/mol. The molecule has 0 spiro atoms. The second-order valence-corrected chi connectivity index (χ2v) is 7.40. The molecule has 2 aromatic carbocycles. The van der Waals surface area contributed by atoms with Crippen LogP contribution < -0.4 is 5.32 Å². The van der Waals surface area contributed by atoms with E-state index in [9.17, 15) is 9.18 Å². The number of para-hydroxylation sites is 1. The first kappa shape index (κ1) is 18.5. The van der Waals surface area contributed by atoms with Crippen molar-refractivity contribution < 1.29 is 9.18 Å². The molecule has 1 N–H and O–H groups in total. The molecule has 0 saturated carbocycles. The summed E-state index contributed by atoms with van der Waals surface area (Å²) in [7, 11) is 1.93. The van der Waals surface area contributed by atoms with Crippen LogP contribution in [0.5, 0.6) is 0 Å². The van der Waals surface area contributed by atoms with Gasteiger partial charge >= 0.3 is 0 Å². The van der Waals surface area contributed by atoms with Crippen LogP contribution in [0.1, 0.15) is 23.5 Å². The number of nitrogens with one attached hydrogen (secondary N) is 1. The largest absolute Gasteiger partial charge is 0.355 e. The molecule has 6 heteroatoms. The Bertz CT molecular complexity index is 845. The molecule has 136 valence electrons. The van der Waals surface area contributed by atoms with Gasteiger partial charge in [0.25, 0.3) is 0 Å². The van der Waals surface area contributed by atoms with Crippen molar-refractivity contribution in [3.05, 3.63) is 64.9 Å². The number of aromatic nitrogens is 1. The Morgan fingerprint density at radius 3 is 2.69 bits per heavy atom. The zero-order valence-corrected chi connectivity index (χ0v) is 15.7. The molecule has 0 aliphatic rings. The average molecular weight is 371 g/mol. The van der Waals surface area contributed by atoms with E-state index in [1.807, 2.05) is 30.1 Å². The van der Waals surface area contributed by atoms with E-state index in [0.29, 0.717) is 19.5 Å². The third-order valence-corrected chi connectivity index (χ3v) is 5.58. The fourth-order valence-corrected chi connectivity index (χ4v) is 3.76. The number of benzene rings is 2. The SMILES string of the molecule is C[C@H](c1nc2ccccc2s1)N(C)CC(=O)NCCc1ccc(F)cc1. The van der Waals surface area contributed by atoms with Crippen molar-refractivity contribution in [1.29, 1.82) is 0 Å². The highest BCUT2D eigenvalue weighted by Crippen LogP contribution is 2.28. The van der Waals surface area contributed by atoms with Crippen LogP contribution in [-0.4, -0.2) is 35.9 Å². The van der Waals surface area contributed by atoms with Crippen molar-refractivity contribution in [2.24, 2.45) is 0 Å². The van der Waals surface area contributed by atoms with E-state index in [-0.39, 0.29) is 17.8 Å². The molecule has 3 rings (SSSR count). The maximum atomic E-state index is 12.9. The van der Waals surface area contributed by atoms with Crippen molar-refractivity contribution in [3.63, 3.8) is 0 Å². The summed E-state index contributed by atoms with van der Waals surface area (Å²) in [6, 6.07) is 14.5. The molecule has 0 radical (unpaired) electrons. The molecule has 0 fully saturated rings. The zero-order valence-electron chi connectivity index (χ0n) is 14.9. The number of amides is 1. The van der Waals surface area contributed by atoms with Gasteiger partial charge in [0.15, 0.2) is 0 Å². The number of nitrogens with zero attached hydrogens (tertiary/aromatic N) is 2. The standard InChI is InChI=1S/C20H22FN3OS/c1-14(20-23-17-5-3-4-6-18(17)26-20)24(2)13-19(25)22-12-11-15-7-9-16(21)10-8-15/h3-10,14H,11-13H2,1-2H3,(H,22,25)/t14-/m1/s1. The smallest absolute Gasteiger partial charge is 0.234 e. The lowest BCUT2D eigenvalue weighted by molar-refractivity contribution is -0.122. The Hall–Kier alpha value is -2.31. The molecule has 4 nitrogen and oxygen atoms in total. The van der Waals surface area contributed by atoms with Crippen molar-refractivity contribution in [3.8, 4) is 0 Å². The van der Waals surface area contributed by atoms with Crippen LogP contribution in [0, 0.1) is 5.82 Å². The number of hydrogen-bond donors (Lipinski definition) is 1. The van der Waals surface area contributed by atoms with Crippen LogP contribution in [0.25, 0.3) is 10.2 Å². The van der Waals surface area contributed by atoms with E-state index in [4.69, 9.17) is 0 Å². The normalized spacial score (nSPS) is 12.5. The van der Waals surface area contributed by atoms with Gasteiger partial charge in [-0.1, -0.05) is 24.3 Å². The molecule has 26 heavy (non-hydrogen) atoms. The van der Waals surface area contributed by atoms with Gasteiger partial charge in [-0.15, -0.1) is 11.3 Å². The number of fused-ring (bicyclic) bond motifs is 1. The van der Waals surface area contributed by atoms with Crippen molar-refractivity contribution in [2.75, 3.05) is 20.1 Å². The fourth-order valence-electron chi connectivity index (χ4n) is 2.67. The zero-order chi connectivity index (χ0) is 18.5. The van der Waals surface area contributed by atoms with Crippen LogP contribution >= 0.6 is 11.3 Å². The van der Waals surface area contributed by atoms with E-state index in [0.717, 1.165) is 20.8 Å². The summed E-state index contributed by atoms with van der Waals surface area (Å²) in [6.45, 7) is 2.90. The minimum absolute atomic E-state index is 0.0254. The third-order valence-electron chi connectivity index (χ3n) is 4.37. The molecule has 0 bridgehead atoms. The van der Waals surface area contributed by atoms with Gasteiger partial charge in [-0.2, -0.15) is 0 Å². The topological polar surface area (TPSA) is 45.2 Å². The summed E-state index contributed by atoms with van der Waals surface area (Å²) in [6.07, 6.45) is 0.684. The molecule has 1 heterocycles. The van der Waals surface area contributed by atoms with Gasteiger partial charge in [-0.05, 0) is 50.2 Å².